The number of fused-ring (bicyclic) bond motifs is 1. The van der Waals surface area contributed by atoms with Gasteiger partial charge in [0.1, 0.15) is 6.17 Å². The van der Waals surface area contributed by atoms with Crippen LogP contribution < -0.4 is 4.90 Å². The Bertz CT molecular complexity index is 1110. The molecule has 4 rings (SSSR count). The summed E-state index contributed by atoms with van der Waals surface area (Å²) in [6, 6.07) is 27.0. The van der Waals surface area contributed by atoms with Crippen molar-refractivity contribution in [3.8, 4) is 0 Å². The molecule has 3 aromatic carbocycles. The van der Waals surface area contributed by atoms with Crippen LogP contribution in [0.2, 0.25) is 0 Å². The van der Waals surface area contributed by atoms with Gasteiger partial charge in [0.05, 0.1) is 11.3 Å². The van der Waals surface area contributed by atoms with Gasteiger partial charge in [0.25, 0.3) is 5.91 Å². The van der Waals surface area contributed by atoms with E-state index in [2.05, 4.69) is 6.58 Å². The number of carbonyl (C=O) groups excluding carboxylic acids is 2. The predicted octanol–water partition coefficient (Wildman–Crippen LogP) is 5.29. The van der Waals surface area contributed by atoms with E-state index in [1.54, 1.807) is 21.9 Å². The molecular formula is C27H24N2O2. The Morgan fingerprint density at radius 3 is 2.26 bits per heavy atom. The first kappa shape index (κ1) is 20.4. The highest BCUT2D eigenvalue weighted by Gasteiger charge is 2.38. The molecule has 4 heteroatoms. The second-order valence-electron chi connectivity index (χ2n) is 7.38. The fourth-order valence-electron chi connectivity index (χ4n) is 3.82. The van der Waals surface area contributed by atoms with Crippen LogP contribution in [0.25, 0.3) is 6.08 Å². The molecule has 1 heterocycles. The molecule has 0 aliphatic carbocycles. The number of nitrogens with zero attached hydrogens (tertiary/aromatic N) is 2. The minimum Gasteiger partial charge on any atom is -0.310 e. The van der Waals surface area contributed by atoms with E-state index in [9.17, 15) is 9.59 Å². The Balaban J connectivity index is 1.81. The van der Waals surface area contributed by atoms with Crippen molar-refractivity contribution in [2.24, 2.45) is 0 Å². The molecule has 0 saturated carbocycles. The van der Waals surface area contributed by atoms with E-state index in [0.717, 1.165) is 11.1 Å². The molecule has 0 radical (unpaired) electrons. The molecule has 1 atom stereocenters. The first-order valence-electron chi connectivity index (χ1n) is 10.3. The van der Waals surface area contributed by atoms with Crippen molar-refractivity contribution < 1.29 is 9.59 Å². The van der Waals surface area contributed by atoms with Gasteiger partial charge < -0.3 is 4.90 Å². The Morgan fingerprint density at radius 2 is 1.55 bits per heavy atom. The van der Waals surface area contributed by atoms with Gasteiger partial charge in [-0.3, -0.25) is 14.5 Å². The normalized spacial score (nSPS) is 15.7. The van der Waals surface area contributed by atoms with Crippen LogP contribution in [-0.4, -0.2) is 22.9 Å². The molecular weight excluding hydrogens is 384 g/mol. The maximum absolute atomic E-state index is 13.5. The Kier molecular flexibility index (Phi) is 6.08. The molecule has 0 spiro atoms. The van der Waals surface area contributed by atoms with Crippen molar-refractivity contribution in [1.29, 1.82) is 0 Å². The molecule has 1 aliphatic rings. The summed E-state index contributed by atoms with van der Waals surface area (Å²) < 4.78 is 0. The molecule has 1 unspecified atom stereocenters. The number of carbonyl (C=O) groups is 2. The van der Waals surface area contributed by atoms with Crippen LogP contribution in [0.3, 0.4) is 0 Å². The smallest absolute Gasteiger partial charge is 0.258 e. The lowest BCUT2D eigenvalue weighted by atomic mass is 10.0. The fourth-order valence-corrected chi connectivity index (χ4v) is 3.82. The SMILES string of the molecule is C=CCC(=O)N1c2ccccc2C(=O)N(Cc2ccccc2)C1/C=C/c1ccccc1. The van der Waals surface area contributed by atoms with Crippen molar-refractivity contribution in [3.63, 3.8) is 0 Å². The molecule has 2 amide bonds. The summed E-state index contributed by atoms with van der Waals surface area (Å²) in [4.78, 5) is 30.1. The van der Waals surface area contributed by atoms with E-state index >= 15 is 0 Å². The van der Waals surface area contributed by atoms with Crippen molar-refractivity contribution >= 4 is 23.6 Å². The van der Waals surface area contributed by atoms with Crippen LogP contribution in [-0.2, 0) is 11.3 Å². The third-order valence-corrected chi connectivity index (χ3v) is 5.28. The summed E-state index contributed by atoms with van der Waals surface area (Å²) in [5.74, 6) is -0.194. The van der Waals surface area contributed by atoms with Gasteiger partial charge >= 0.3 is 0 Å². The van der Waals surface area contributed by atoms with E-state index in [1.807, 2.05) is 91.0 Å². The average Bonchev–Trinajstić information content (AvgIpc) is 2.81. The molecule has 154 valence electrons. The molecule has 4 nitrogen and oxygen atoms in total. The zero-order valence-corrected chi connectivity index (χ0v) is 17.2. The van der Waals surface area contributed by atoms with E-state index in [0.29, 0.717) is 17.8 Å². The van der Waals surface area contributed by atoms with Gasteiger partial charge in [-0.2, -0.15) is 0 Å². The topological polar surface area (TPSA) is 40.6 Å². The van der Waals surface area contributed by atoms with E-state index in [1.165, 1.54) is 0 Å². The lowest BCUT2D eigenvalue weighted by Gasteiger charge is -2.43. The van der Waals surface area contributed by atoms with Gasteiger partial charge in [-0.15, -0.1) is 6.58 Å². The largest absolute Gasteiger partial charge is 0.310 e. The van der Waals surface area contributed by atoms with Crippen LogP contribution in [0.15, 0.2) is 104 Å². The Morgan fingerprint density at radius 1 is 0.903 bits per heavy atom. The third-order valence-electron chi connectivity index (χ3n) is 5.28. The van der Waals surface area contributed by atoms with Crippen LogP contribution in [0.5, 0.6) is 0 Å². The predicted molar refractivity (Wildman–Crippen MR) is 124 cm³/mol. The van der Waals surface area contributed by atoms with Crippen LogP contribution in [0.1, 0.15) is 27.9 Å². The molecule has 0 aromatic heterocycles. The first-order valence-corrected chi connectivity index (χ1v) is 10.3. The summed E-state index contributed by atoms with van der Waals surface area (Å²) in [5, 5.41) is 0. The lowest BCUT2D eigenvalue weighted by Crippen LogP contribution is -2.56. The van der Waals surface area contributed by atoms with E-state index < -0.39 is 6.17 Å². The quantitative estimate of drug-likeness (QED) is 0.520. The highest BCUT2D eigenvalue weighted by molar-refractivity contribution is 6.08. The number of amides is 2. The molecule has 31 heavy (non-hydrogen) atoms. The number of benzene rings is 3. The summed E-state index contributed by atoms with van der Waals surface area (Å²) >= 11 is 0. The monoisotopic (exact) mass is 408 g/mol. The van der Waals surface area contributed by atoms with Crippen LogP contribution in [0, 0.1) is 0 Å². The molecule has 1 aliphatic heterocycles. The van der Waals surface area contributed by atoms with Gasteiger partial charge in [-0.25, -0.2) is 0 Å². The maximum atomic E-state index is 13.5. The number of hydrogen-bond acceptors (Lipinski definition) is 2. The second-order valence-corrected chi connectivity index (χ2v) is 7.38. The van der Waals surface area contributed by atoms with Gasteiger partial charge in [-0.05, 0) is 29.3 Å². The minimum absolute atomic E-state index is 0.0928. The average molecular weight is 409 g/mol. The minimum atomic E-state index is -0.546. The summed E-state index contributed by atoms with van der Waals surface area (Å²) in [7, 11) is 0. The molecule has 0 fully saturated rings. The number of rotatable bonds is 6. The van der Waals surface area contributed by atoms with Gasteiger partial charge in [0.2, 0.25) is 5.91 Å². The third kappa shape index (κ3) is 4.33. The van der Waals surface area contributed by atoms with Gasteiger partial charge in [-0.1, -0.05) is 84.9 Å². The van der Waals surface area contributed by atoms with Gasteiger partial charge in [0, 0.05) is 13.0 Å². The summed E-state index contributed by atoms with van der Waals surface area (Å²) in [6.45, 7) is 4.12. The summed E-state index contributed by atoms with van der Waals surface area (Å²) in [5.41, 5.74) is 3.17. The van der Waals surface area contributed by atoms with Crippen molar-refractivity contribution in [1.82, 2.24) is 4.90 Å². The first-order chi connectivity index (χ1) is 15.2. The van der Waals surface area contributed by atoms with Crippen molar-refractivity contribution in [2.45, 2.75) is 19.1 Å². The standard InChI is InChI=1S/C27H24N2O2/c1-2-11-26(30)29-24-17-10-9-16-23(24)27(31)28(20-22-14-7-4-8-15-22)25(29)19-18-21-12-5-3-6-13-21/h2-10,12-19,25H,1,11,20H2/b19-18+. The lowest BCUT2D eigenvalue weighted by molar-refractivity contribution is -0.118. The molecule has 3 aromatic rings. The van der Waals surface area contributed by atoms with Crippen LogP contribution in [0.4, 0.5) is 5.69 Å². The Labute approximate surface area is 182 Å². The molecule has 0 saturated heterocycles. The van der Waals surface area contributed by atoms with Crippen molar-refractivity contribution in [3.05, 3.63) is 120 Å². The fraction of sp³-hybridized carbons (Fsp3) is 0.111. The highest BCUT2D eigenvalue weighted by atomic mass is 16.2. The molecule has 0 bridgehead atoms. The van der Waals surface area contributed by atoms with Crippen LogP contribution >= 0.6 is 0 Å². The Hall–Kier alpha value is -3.92. The van der Waals surface area contributed by atoms with E-state index in [4.69, 9.17) is 0 Å². The number of anilines is 1. The second kappa shape index (κ2) is 9.26. The number of hydrogen-bond donors (Lipinski definition) is 0. The van der Waals surface area contributed by atoms with Gasteiger partial charge in [0.15, 0.2) is 0 Å². The zero-order valence-electron chi connectivity index (χ0n) is 17.2. The maximum Gasteiger partial charge on any atom is 0.258 e. The summed E-state index contributed by atoms with van der Waals surface area (Å²) in [6.07, 6.45) is 5.12. The highest BCUT2D eigenvalue weighted by Crippen LogP contribution is 2.33. The van der Waals surface area contributed by atoms with Crippen molar-refractivity contribution in [2.75, 3.05) is 4.90 Å². The number of para-hydroxylation sites is 1. The zero-order chi connectivity index (χ0) is 21.6. The van der Waals surface area contributed by atoms with E-state index in [-0.39, 0.29) is 18.2 Å². The molecule has 0 N–H and O–H groups in total.